The van der Waals surface area contributed by atoms with Crippen LogP contribution in [0.3, 0.4) is 0 Å². The molecule has 1 atom stereocenters. The third-order valence-corrected chi connectivity index (χ3v) is 9.28. The van der Waals surface area contributed by atoms with Crippen LogP contribution in [0.25, 0.3) is 0 Å². The zero-order chi connectivity index (χ0) is 25.8. The molecule has 0 bridgehead atoms. The molecule has 3 heterocycles. The lowest BCUT2D eigenvalue weighted by Gasteiger charge is -2.36. The van der Waals surface area contributed by atoms with Gasteiger partial charge in [-0.15, -0.1) is 0 Å². The van der Waals surface area contributed by atoms with Crippen molar-refractivity contribution >= 4 is 11.6 Å². The van der Waals surface area contributed by atoms with Crippen LogP contribution < -0.4 is 4.90 Å². The van der Waals surface area contributed by atoms with E-state index in [0.717, 1.165) is 63.5 Å². The molecule has 3 aliphatic rings. The lowest BCUT2D eigenvalue weighted by atomic mass is 9.72. The number of fused-ring (bicyclic) bond motifs is 1. The first-order chi connectivity index (χ1) is 18.8. The number of para-hydroxylation sites is 1. The fraction of sp³-hybridized carbons (Fsp3) is 0.441. The minimum absolute atomic E-state index is 0.265. The van der Waals surface area contributed by atoms with Crippen molar-refractivity contribution in [2.24, 2.45) is 0 Å². The van der Waals surface area contributed by atoms with E-state index in [4.69, 9.17) is 0 Å². The second-order valence-corrected chi connectivity index (χ2v) is 11.4. The highest BCUT2D eigenvalue weighted by molar-refractivity contribution is 6.10. The molecule has 4 heteroatoms. The van der Waals surface area contributed by atoms with Crippen LogP contribution in [-0.4, -0.2) is 61.5 Å². The minimum atomic E-state index is -0.615. The summed E-state index contributed by atoms with van der Waals surface area (Å²) in [4.78, 5) is 21.8. The van der Waals surface area contributed by atoms with Gasteiger partial charge in [0.2, 0.25) is 5.91 Å². The summed E-state index contributed by atoms with van der Waals surface area (Å²) in [5.41, 5.74) is 4.29. The quantitative estimate of drug-likeness (QED) is 0.370. The van der Waals surface area contributed by atoms with Crippen LogP contribution in [0.2, 0.25) is 0 Å². The molecule has 0 saturated carbocycles. The summed E-state index contributed by atoms with van der Waals surface area (Å²) in [6.45, 7) is 7.18. The fourth-order valence-electron chi connectivity index (χ4n) is 7.10. The summed E-state index contributed by atoms with van der Waals surface area (Å²) < 4.78 is 0. The summed E-state index contributed by atoms with van der Waals surface area (Å²) in [6.07, 6.45) is 7.09. The predicted octanol–water partition coefficient (Wildman–Crippen LogP) is 6.07. The molecular weight excluding hydrogens is 466 g/mol. The lowest BCUT2D eigenvalue weighted by molar-refractivity contribution is -0.122. The van der Waals surface area contributed by atoms with Crippen molar-refractivity contribution in [1.29, 1.82) is 0 Å². The molecule has 38 heavy (non-hydrogen) atoms. The van der Waals surface area contributed by atoms with Gasteiger partial charge < -0.3 is 14.7 Å². The standard InChI is InChI=1S/C34H41N3O/c38-33-34(30-14-6-2-7-15-30,20-25-36-23-18-29(19-24-36)28-12-4-1-5-13-28)31-16-8-9-17-32(31)37(33)27-26-35-21-10-3-11-22-35/h1-2,4-9,12-17,29H,3,10-11,18-27H2. The van der Waals surface area contributed by atoms with E-state index in [1.165, 1.54) is 43.2 Å². The first-order valence-corrected chi connectivity index (χ1v) is 14.7. The van der Waals surface area contributed by atoms with E-state index >= 15 is 0 Å². The number of hydrogen-bond acceptors (Lipinski definition) is 3. The SMILES string of the molecule is O=C1N(CCN2CCCCC2)c2ccccc2C1(CCN1CCC(c2ccccc2)CC1)c1ccccc1. The van der Waals surface area contributed by atoms with Gasteiger partial charge in [-0.2, -0.15) is 0 Å². The molecule has 0 N–H and O–H groups in total. The van der Waals surface area contributed by atoms with Gasteiger partial charge in [0.05, 0.1) is 0 Å². The van der Waals surface area contributed by atoms with Crippen LogP contribution in [0, 0.1) is 0 Å². The molecule has 2 fully saturated rings. The molecule has 6 rings (SSSR count). The molecule has 4 nitrogen and oxygen atoms in total. The minimum Gasteiger partial charge on any atom is -0.310 e. The summed E-state index contributed by atoms with van der Waals surface area (Å²) in [5.74, 6) is 0.913. The van der Waals surface area contributed by atoms with Crippen molar-refractivity contribution in [3.05, 3.63) is 102 Å². The Labute approximate surface area is 228 Å². The third-order valence-electron chi connectivity index (χ3n) is 9.28. The van der Waals surface area contributed by atoms with E-state index in [1.807, 2.05) is 0 Å². The smallest absolute Gasteiger partial charge is 0.242 e. The van der Waals surface area contributed by atoms with Gasteiger partial charge in [-0.3, -0.25) is 4.79 Å². The Hall–Kier alpha value is -2.95. The number of hydrogen-bond donors (Lipinski definition) is 0. The predicted molar refractivity (Wildman–Crippen MR) is 156 cm³/mol. The highest BCUT2D eigenvalue weighted by Gasteiger charge is 2.51. The van der Waals surface area contributed by atoms with Gasteiger partial charge in [-0.25, -0.2) is 0 Å². The summed E-state index contributed by atoms with van der Waals surface area (Å²) in [6, 6.07) is 30.1. The largest absolute Gasteiger partial charge is 0.310 e. The molecule has 0 aliphatic carbocycles. The zero-order valence-corrected chi connectivity index (χ0v) is 22.6. The Morgan fingerprint density at radius 1 is 0.658 bits per heavy atom. The summed E-state index contributed by atoms with van der Waals surface area (Å²) in [5, 5.41) is 0. The van der Waals surface area contributed by atoms with Crippen LogP contribution in [0.5, 0.6) is 0 Å². The van der Waals surface area contributed by atoms with E-state index in [0.29, 0.717) is 5.92 Å². The van der Waals surface area contributed by atoms with Crippen LogP contribution in [0.1, 0.15) is 61.1 Å². The number of carbonyl (C=O) groups is 1. The first-order valence-electron chi connectivity index (χ1n) is 14.7. The van der Waals surface area contributed by atoms with E-state index < -0.39 is 5.41 Å². The molecule has 198 valence electrons. The van der Waals surface area contributed by atoms with Crippen molar-refractivity contribution in [2.75, 3.05) is 50.7 Å². The first kappa shape index (κ1) is 25.3. The highest BCUT2D eigenvalue weighted by Crippen LogP contribution is 2.48. The number of amides is 1. The second-order valence-electron chi connectivity index (χ2n) is 11.4. The van der Waals surface area contributed by atoms with Crippen molar-refractivity contribution < 1.29 is 4.79 Å². The molecular formula is C34H41N3O. The number of piperidine rings is 2. The van der Waals surface area contributed by atoms with Crippen LogP contribution >= 0.6 is 0 Å². The maximum absolute atomic E-state index is 14.6. The molecule has 0 radical (unpaired) electrons. The van der Waals surface area contributed by atoms with Crippen molar-refractivity contribution in [2.45, 2.75) is 49.9 Å². The molecule has 3 aromatic rings. The van der Waals surface area contributed by atoms with Crippen molar-refractivity contribution in [3.8, 4) is 0 Å². The molecule has 1 amide bonds. The lowest BCUT2D eigenvalue weighted by Crippen LogP contribution is -2.46. The van der Waals surface area contributed by atoms with Crippen LogP contribution in [-0.2, 0) is 10.2 Å². The van der Waals surface area contributed by atoms with Crippen molar-refractivity contribution in [1.82, 2.24) is 9.80 Å². The van der Waals surface area contributed by atoms with E-state index in [2.05, 4.69) is 99.6 Å². The monoisotopic (exact) mass is 507 g/mol. The van der Waals surface area contributed by atoms with E-state index in [-0.39, 0.29) is 5.91 Å². The highest BCUT2D eigenvalue weighted by atomic mass is 16.2. The topological polar surface area (TPSA) is 26.8 Å². The molecule has 0 spiro atoms. The fourth-order valence-corrected chi connectivity index (χ4v) is 7.10. The van der Waals surface area contributed by atoms with E-state index in [1.54, 1.807) is 0 Å². The molecule has 3 aromatic carbocycles. The maximum Gasteiger partial charge on any atom is 0.242 e. The average molecular weight is 508 g/mol. The van der Waals surface area contributed by atoms with Gasteiger partial charge in [-0.1, -0.05) is 85.3 Å². The Bertz CT molecular complexity index is 1200. The average Bonchev–Trinajstić information content (AvgIpc) is 3.24. The Morgan fingerprint density at radius 3 is 2.03 bits per heavy atom. The van der Waals surface area contributed by atoms with Gasteiger partial charge >= 0.3 is 0 Å². The van der Waals surface area contributed by atoms with Gasteiger partial charge in [0.15, 0.2) is 0 Å². The summed E-state index contributed by atoms with van der Waals surface area (Å²) >= 11 is 0. The molecule has 3 aliphatic heterocycles. The number of anilines is 1. The van der Waals surface area contributed by atoms with Gasteiger partial charge in [-0.05, 0) is 93.5 Å². The van der Waals surface area contributed by atoms with Crippen LogP contribution in [0.4, 0.5) is 5.69 Å². The van der Waals surface area contributed by atoms with Gasteiger partial charge in [0.25, 0.3) is 0 Å². The maximum atomic E-state index is 14.6. The van der Waals surface area contributed by atoms with E-state index in [9.17, 15) is 4.79 Å². The molecule has 1 unspecified atom stereocenters. The number of likely N-dealkylation sites (tertiary alicyclic amines) is 2. The third kappa shape index (κ3) is 4.92. The van der Waals surface area contributed by atoms with Crippen molar-refractivity contribution in [3.63, 3.8) is 0 Å². The Morgan fingerprint density at radius 2 is 1.29 bits per heavy atom. The summed E-state index contributed by atoms with van der Waals surface area (Å²) in [7, 11) is 0. The van der Waals surface area contributed by atoms with Gasteiger partial charge in [0.1, 0.15) is 5.41 Å². The number of benzene rings is 3. The zero-order valence-electron chi connectivity index (χ0n) is 22.6. The number of nitrogens with zero attached hydrogens (tertiary/aromatic N) is 3. The second kappa shape index (κ2) is 11.4. The van der Waals surface area contributed by atoms with Crippen LogP contribution in [0.15, 0.2) is 84.9 Å². The van der Waals surface area contributed by atoms with Gasteiger partial charge in [0, 0.05) is 18.8 Å². The normalized spacial score (nSPS) is 23.1. The number of rotatable bonds is 8. The Balaban J connectivity index is 1.23. The molecule has 0 aromatic heterocycles. The Kier molecular flexibility index (Phi) is 7.62. The number of carbonyl (C=O) groups excluding carboxylic acids is 1. The molecule has 2 saturated heterocycles.